The normalized spacial score (nSPS) is 12.2. The molecule has 0 aliphatic rings. The molecule has 0 N–H and O–H groups in total. The van der Waals surface area contributed by atoms with Gasteiger partial charge in [0.25, 0.3) is 0 Å². The molecule has 0 aliphatic heterocycles. The molecule has 6 aromatic carbocycles. The number of pyridine rings is 1. The zero-order valence-electron chi connectivity index (χ0n) is 25.7. The Balaban J connectivity index is 1.21. The molecule has 224 valence electrons. The summed E-state index contributed by atoms with van der Waals surface area (Å²) in [6, 6.07) is 56.9. The van der Waals surface area contributed by atoms with Gasteiger partial charge in [0.1, 0.15) is 4.83 Å². The molecular weight excluding hydrogens is 605 g/mol. The van der Waals surface area contributed by atoms with Crippen molar-refractivity contribution in [1.82, 2.24) is 18.7 Å². The highest BCUT2D eigenvalue weighted by Gasteiger charge is 2.21. The summed E-state index contributed by atoms with van der Waals surface area (Å²) in [5.41, 5.74) is 10.2. The summed E-state index contributed by atoms with van der Waals surface area (Å²) in [6.07, 6.45) is 0. The van der Waals surface area contributed by atoms with Gasteiger partial charge in [-0.1, -0.05) is 91.0 Å². The number of benzene rings is 6. The highest BCUT2D eigenvalue weighted by atomic mass is 32.1. The van der Waals surface area contributed by atoms with Crippen LogP contribution in [0.5, 0.6) is 0 Å². The maximum atomic E-state index is 5.11. The van der Waals surface area contributed by atoms with Gasteiger partial charge in [-0.3, -0.25) is 0 Å². The molecule has 0 bridgehead atoms. The molecule has 48 heavy (non-hydrogen) atoms. The number of fused-ring (bicyclic) bond motifs is 11. The van der Waals surface area contributed by atoms with E-state index in [2.05, 4.69) is 171 Å². The summed E-state index contributed by atoms with van der Waals surface area (Å²) < 4.78 is 8.24. The minimum absolute atomic E-state index is 0.963. The zero-order chi connectivity index (χ0) is 31.3. The number of rotatable bonds is 3. The first-order valence-corrected chi connectivity index (χ1v) is 17.0. The van der Waals surface area contributed by atoms with E-state index in [1.54, 1.807) is 0 Å². The molecule has 5 heteroatoms. The molecule has 11 aromatic rings. The molecule has 0 spiro atoms. The molecule has 11 rings (SSSR count). The lowest BCUT2D eigenvalue weighted by Gasteiger charge is -2.10. The highest BCUT2D eigenvalue weighted by Crippen LogP contribution is 2.45. The standard InChI is InChI=1S/C43H26N4S/c1-2-13-29(14-3-1)45-38-19-8-5-16-32(38)34-25-40-35(26-39(34)45)42-33-17-6-9-20-41(33)48-43(42)46(40)30-15-10-12-28(23-30)36-24-31-22-21-27-11-4-7-18-37(27)47(31)44-36/h1-26H. The summed E-state index contributed by atoms with van der Waals surface area (Å²) in [7, 11) is 0. The molecular formula is C43H26N4S. The van der Waals surface area contributed by atoms with Crippen molar-refractivity contribution in [2.75, 3.05) is 0 Å². The summed E-state index contributed by atoms with van der Waals surface area (Å²) in [5, 5.41) is 12.7. The molecule has 5 heterocycles. The Kier molecular flexibility index (Phi) is 5.23. The fourth-order valence-electron chi connectivity index (χ4n) is 7.71. The molecule has 0 atom stereocenters. The van der Waals surface area contributed by atoms with E-state index in [0.717, 1.165) is 28.0 Å². The van der Waals surface area contributed by atoms with Crippen molar-refractivity contribution in [1.29, 1.82) is 0 Å². The third-order valence-corrected chi connectivity index (χ3v) is 11.0. The summed E-state index contributed by atoms with van der Waals surface area (Å²) in [4.78, 5) is 1.26. The average Bonchev–Trinajstić information content (AvgIpc) is 3.90. The van der Waals surface area contributed by atoms with Gasteiger partial charge in [-0.2, -0.15) is 5.10 Å². The fraction of sp³-hybridized carbons (Fsp3) is 0. The lowest BCUT2D eigenvalue weighted by Crippen LogP contribution is -1.95. The molecule has 0 aliphatic carbocycles. The van der Waals surface area contributed by atoms with Crippen molar-refractivity contribution in [3.05, 3.63) is 158 Å². The minimum atomic E-state index is 0.963. The monoisotopic (exact) mass is 630 g/mol. The van der Waals surface area contributed by atoms with Gasteiger partial charge in [-0.15, -0.1) is 11.3 Å². The van der Waals surface area contributed by atoms with Gasteiger partial charge in [0.05, 0.1) is 33.3 Å². The van der Waals surface area contributed by atoms with Gasteiger partial charge in [0.15, 0.2) is 0 Å². The number of para-hydroxylation sites is 3. The SMILES string of the molecule is c1ccc(-n2c3ccccc3c3cc4c(cc32)c2c3ccccc3sc2n4-c2cccc(-c3cc4ccc5ccccc5n4n3)c2)cc1. The van der Waals surface area contributed by atoms with Gasteiger partial charge < -0.3 is 9.13 Å². The quantitative estimate of drug-likeness (QED) is 0.191. The van der Waals surface area contributed by atoms with E-state index in [-0.39, 0.29) is 0 Å². The second kappa shape index (κ2) is 9.67. The maximum absolute atomic E-state index is 5.11. The predicted molar refractivity (Wildman–Crippen MR) is 202 cm³/mol. The first kappa shape index (κ1) is 26.0. The number of thiophene rings is 1. The van der Waals surface area contributed by atoms with Crippen LogP contribution in [0.3, 0.4) is 0 Å². The van der Waals surface area contributed by atoms with Crippen molar-refractivity contribution >= 4 is 80.8 Å². The third kappa shape index (κ3) is 3.56. The molecule has 0 unspecified atom stereocenters. The number of nitrogens with zero attached hydrogens (tertiary/aromatic N) is 4. The van der Waals surface area contributed by atoms with Gasteiger partial charge in [0, 0.05) is 54.0 Å². The van der Waals surface area contributed by atoms with Crippen molar-refractivity contribution in [3.63, 3.8) is 0 Å². The topological polar surface area (TPSA) is 27.2 Å². The zero-order valence-corrected chi connectivity index (χ0v) is 26.5. The Hall–Kier alpha value is -6.17. The molecule has 0 radical (unpaired) electrons. The molecule has 0 saturated carbocycles. The smallest absolute Gasteiger partial charge is 0.109 e. The van der Waals surface area contributed by atoms with E-state index in [1.165, 1.54) is 64.1 Å². The van der Waals surface area contributed by atoms with Crippen LogP contribution in [0, 0.1) is 0 Å². The number of aromatic nitrogens is 4. The van der Waals surface area contributed by atoms with E-state index in [9.17, 15) is 0 Å². The average molecular weight is 631 g/mol. The molecule has 5 aromatic heterocycles. The molecule has 0 saturated heterocycles. The Labute approximate surface area is 278 Å². The van der Waals surface area contributed by atoms with Crippen molar-refractivity contribution < 1.29 is 0 Å². The summed E-state index contributed by atoms with van der Waals surface area (Å²) >= 11 is 1.87. The van der Waals surface area contributed by atoms with Crippen LogP contribution in [0.25, 0.3) is 92.1 Å². The highest BCUT2D eigenvalue weighted by molar-refractivity contribution is 7.25. The van der Waals surface area contributed by atoms with Gasteiger partial charge >= 0.3 is 0 Å². The Morgan fingerprint density at radius 3 is 2.10 bits per heavy atom. The first-order chi connectivity index (χ1) is 23.8. The van der Waals surface area contributed by atoms with Crippen LogP contribution in [0.2, 0.25) is 0 Å². The van der Waals surface area contributed by atoms with E-state index >= 15 is 0 Å². The summed E-state index contributed by atoms with van der Waals surface area (Å²) in [6.45, 7) is 0. The van der Waals surface area contributed by atoms with Crippen LogP contribution < -0.4 is 0 Å². The van der Waals surface area contributed by atoms with E-state index in [1.807, 2.05) is 11.3 Å². The molecule has 0 amide bonds. The van der Waals surface area contributed by atoms with E-state index in [4.69, 9.17) is 5.10 Å². The fourth-order valence-corrected chi connectivity index (χ4v) is 8.96. The Morgan fingerprint density at radius 2 is 1.19 bits per heavy atom. The van der Waals surface area contributed by atoms with Crippen molar-refractivity contribution in [2.24, 2.45) is 0 Å². The van der Waals surface area contributed by atoms with Crippen LogP contribution in [-0.4, -0.2) is 18.7 Å². The van der Waals surface area contributed by atoms with Gasteiger partial charge in [-0.05, 0) is 66.7 Å². The van der Waals surface area contributed by atoms with Gasteiger partial charge in [0.2, 0.25) is 0 Å². The second-order valence-electron chi connectivity index (χ2n) is 12.5. The number of hydrogen-bond donors (Lipinski definition) is 0. The van der Waals surface area contributed by atoms with Crippen molar-refractivity contribution in [2.45, 2.75) is 0 Å². The minimum Gasteiger partial charge on any atom is -0.309 e. The van der Waals surface area contributed by atoms with Crippen LogP contribution >= 0.6 is 11.3 Å². The Morgan fingerprint density at radius 1 is 0.458 bits per heavy atom. The van der Waals surface area contributed by atoms with Gasteiger partial charge in [-0.25, -0.2) is 4.52 Å². The van der Waals surface area contributed by atoms with E-state index < -0.39 is 0 Å². The van der Waals surface area contributed by atoms with Crippen LogP contribution in [0.4, 0.5) is 0 Å². The van der Waals surface area contributed by atoms with E-state index in [0.29, 0.717) is 0 Å². The third-order valence-electron chi connectivity index (χ3n) is 9.83. The largest absolute Gasteiger partial charge is 0.309 e. The Bertz CT molecular complexity index is 3060. The second-order valence-corrected chi connectivity index (χ2v) is 13.5. The summed E-state index contributed by atoms with van der Waals surface area (Å²) in [5.74, 6) is 0. The lowest BCUT2D eigenvalue weighted by atomic mass is 10.1. The number of hydrogen-bond acceptors (Lipinski definition) is 2. The predicted octanol–water partition coefficient (Wildman–Crippen LogP) is 11.6. The molecule has 4 nitrogen and oxygen atoms in total. The van der Waals surface area contributed by atoms with Crippen LogP contribution in [0.1, 0.15) is 0 Å². The lowest BCUT2D eigenvalue weighted by molar-refractivity contribution is 1.01. The maximum Gasteiger partial charge on any atom is 0.109 e. The van der Waals surface area contributed by atoms with Crippen LogP contribution in [0.15, 0.2) is 158 Å². The van der Waals surface area contributed by atoms with Crippen LogP contribution in [-0.2, 0) is 0 Å². The molecule has 0 fully saturated rings. The first-order valence-electron chi connectivity index (χ1n) is 16.2. The van der Waals surface area contributed by atoms with Crippen molar-refractivity contribution in [3.8, 4) is 22.6 Å².